The first-order valence-corrected chi connectivity index (χ1v) is 6.24. The summed E-state index contributed by atoms with van der Waals surface area (Å²) in [6.07, 6.45) is 0.732. The minimum absolute atomic E-state index is 0.0819. The Morgan fingerprint density at radius 3 is 2.94 bits per heavy atom. The molecule has 5 heteroatoms. The molecule has 1 aromatic heterocycles. The lowest BCUT2D eigenvalue weighted by molar-refractivity contribution is 0.632. The first kappa shape index (κ1) is 12.0. The summed E-state index contributed by atoms with van der Waals surface area (Å²) in [5.41, 5.74) is 7.07. The SMILES string of the molecule is CC(N)Cc1csc(Nc2ccccc2F)n1. The van der Waals surface area contributed by atoms with Gasteiger partial charge in [0.2, 0.25) is 0 Å². The van der Waals surface area contributed by atoms with Gasteiger partial charge in [0, 0.05) is 17.8 Å². The van der Waals surface area contributed by atoms with Gasteiger partial charge in [-0.1, -0.05) is 12.1 Å². The largest absolute Gasteiger partial charge is 0.329 e. The van der Waals surface area contributed by atoms with Crippen LogP contribution in [0.1, 0.15) is 12.6 Å². The fraction of sp³-hybridized carbons (Fsp3) is 0.250. The van der Waals surface area contributed by atoms with Crippen molar-refractivity contribution in [2.24, 2.45) is 5.73 Å². The summed E-state index contributed by atoms with van der Waals surface area (Å²) < 4.78 is 13.4. The normalized spacial score (nSPS) is 12.4. The van der Waals surface area contributed by atoms with Gasteiger partial charge in [-0.25, -0.2) is 9.37 Å². The van der Waals surface area contributed by atoms with Crippen LogP contribution in [0.2, 0.25) is 0 Å². The van der Waals surface area contributed by atoms with Gasteiger partial charge in [0.1, 0.15) is 5.82 Å². The smallest absolute Gasteiger partial charge is 0.187 e. The molecule has 0 spiro atoms. The molecule has 1 atom stereocenters. The highest BCUT2D eigenvalue weighted by molar-refractivity contribution is 7.13. The lowest BCUT2D eigenvalue weighted by Crippen LogP contribution is -2.17. The number of nitrogens with two attached hydrogens (primary N) is 1. The average molecular weight is 251 g/mol. The van der Waals surface area contributed by atoms with Crippen molar-refractivity contribution in [2.75, 3.05) is 5.32 Å². The van der Waals surface area contributed by atoms with Crippen LogP contribution >= 0.6 is 11.3 Å². The van der Waals surface area contributed by atoms with Crippen LogP contribution in [0.3, 0.4) is 0 Å². The zero-order valence-corrected chi connectivity index (χ0v) is 10.3. The molecule has 0 saturated heterocycles. The second-order valence-corrected chi connectivity index (χ2v) is 4.79. The van der Waals surface area contributed by atoms with E-state index in [0.29, 0.717) is 10.8 Å². The molecule has 0 amide bonds. The van der Waals surface area contributed by atoms with Crippen molar-refractivity contribution in [3.8, 4) is 0 Å². The fourth-order valence-corrected chi connectivity index (χ4v) is 2.20. The zero-order chi connectivity index (χ0) is 12.3. The Balaban J connectivity index is 2.09. The van der Waals surface area contributed by atoms with Crippen molar-refractivity contribution in [1.82, 2.24) is 4.98 Å². The van der Waals surface area contributed by atoms with Crippen molar-refractivity contribution in [2.45, 2.75) is 19.4 Å². The van der Waals surface area contributed by atoms with E-state index in [1.165, 1.54) is 17.4 Å². The minimum atomic E-state index is -0.281. The molecule has 1 aromatic carbocycles. The number of hydrogen-bond acceptors (Lipinski definition) is 4. The molecule has 2 aromatic rings. The van der Waals surface area contributed by atoms with Crippen LogP contribution in [0.4, 0.5) is 15.2 Å². The van der Waals surface area contributed by atoms with Gasteiger partial charge in [0.15, 0.2) is 5.13 Å². The first-order chi connectivity index (χ1) is 8.15. The van der Waals surface area contributed by atoms with Gasteiger partial charge >= 0.3 is 0 Å². The number of para-hydroxylation sites is 1. The Morgan fingerprint density at radius 1 is 1.47 bits per heavy atom. The van der Waals surface area contributed by atoms with Crippen LogP contribution < -0.4 is 11.1 Å². The van der Waals surface area contributed by atoms with Crippen molar-refractivity contribution in [3.63, 3.8) is 0 Å². The van der Waals surface area contributed by atoms with E-state index >= 15 is 0 Å². The van der Waals surface area contributed by atoms with Crippen LogP contribution in [0.5, 0.6) is 0 Å². The number of nitrogens with one attached hydrogen (secondary N) is 1. The average Bonchev–Trinajstić information content (AvgIpc) is 2.68. The second-order valence-electron chi connectivity index (χ2n) is 3.93. The molecule has 0 saturated carbocycles. The van der Waals surface area contributed by atoms with E-state index in [9.17, 15) is 4.39 Å². The van der Waals surface area contributed by atoms with Crippen LogP contribution in [-0.4, -0.2) is 11.0 Å². The molecule has 3 nitrogen and oxygen atoms in total. The number of thiazole rings is 1. The second kappa shape index (κ2) is 5.25. The van der Waals surface area contributed by atoms with E-state index in [0.717, 1.165) is 12.1 Å². The van der Waals surface area contributed by atoms with Crippen LogP contribution in [0, 0.1) is 5.82 Å². The van der Waals surface area contributed by atoms with E-state index in [1.54, 1.807) is 18.2 Å². The molecule has 1 unspecified atom stereocenters. The molecule has 17 heavy (non-hydrogen) atoms. The number of halogens is 1. The van der Waals surface area contributed by atoms with Crippen molar-refractivity contribution >= 4 is 22.2 Å². The highest BCUT2D eigenvalue weighted by atomic mass is 32.1. The Hall–Kier alpha value is -1.46. The van der Waals surface area contributed by atoms with Gasteiger partial charge in [-0.05, 0) is 19.1 Å². The molecular formula is C12H14FN3S. The van der Waals surface area contributed by atoms with Crippen LogP contribution in [0.15, 0.2) is 29.6 Å². The molecule has 1 heterocycles. The highest BCUT2D eigenvalue weighted by Gasteiger charge is 2.06. The maximum absolute atomic E-state index is 13.4. The van der Waals surface area contributed by atoms with Crippen molar-refractivity contribution < 1.29 is 4.39 Å². The van der Waals surface area contributed by atoms with Gasteiger partial charge in [-0.3, -0.25) is 0 Å². The maximum atomic E-state index is 13.4. The van der Waals surface area contributed by atoms with E-state index in [-0.39, 0.29) is 11.9 Å². The molecular weight excluding hydrogens is 237 g/mol. The molecule has 0 aliphatic heterocycles. The van der Waals surface area contributed by atoms with Gasteiger partial charge in [0.05, 0.1) is 11.4 Å². The lowest BCUT2D eigenvalue weighted by Gasteiger charge is -2.03. The number of anilines is 2. The zero-order valence-electron chi connectivity index (χ0n) is 9.48. The van der Waals surface area contributed by atoms with Crippen molar-refractivity contribution in [1.29, 1.82) is 0 Å². The lowest BCUT2D eigenvalue weighted by atomic mass is 10.2. The minimum Gasteiger partial charge on any atom is -0.329 e. The number of hydrogen-bond donors (Lipinski definition) is 2. The number of benzene rings is 1. The fourth-order valence-electron chi connectivity index (χ4n) is 1.47. The molecule has 90 valence electrons. The van der Waals surface area contributed by atoms with Gasteiger partial charge in [-0.2, -0.15) is 0 Å². The summed E-state index contributed by atoms with van der Waals surface area (Å²) in [4.78, 5) is 4.35. The third-order valence-corrected chi connectivity index (χ3v) is 3.00. The summed E-state index contributed by atoms with van der Waals surface area (Å²) in [5.74, 6) is -0.281. The third kappa shape index (κ3) is 3.25. The highest BCUT2D eigenvalue weighted by Crippen LogP contribution is 2.23. The molecule has 0 aliphatic rings. The molecule has 0 bridgehead atoms. The Labute approximate surface area is 103 Å². The molecule has 2 rings (SSSR count). The number of rotatable bonds is 4. The standard InChI is InChI=1S/C12H14FN3S/c1-8(14)6-9-7-17-12(15-9)16-11-5-3-2-4-10(11)13/h2-5,7-8H,6,14H2,1H3,(H,15,16). The Bertz CT molecular complexity index is 496. The van der Waals surface area contributed by atoms with E-state index in [1.807, 2.05) is 12.3 Å². The Kier molecular flexibility index (Phi) is 3.71. The predicted molar refractivity (Wildman–Crippen MR) is 69.2 cm³/mol. The van der Waals surface area contributed by atoms with E-state index in [4.69, 9.17) is 5.73 Å². The summed E-state index contributed by atoms with van der Waals surface area (Å²) in [6.45, 7) is 1.93. The number of nitrogens with zero attached hydrogens (tertiary/aromatic N) is 1. The third-order valence-electron chi connectivity index (χ3n) is 2.20. The first-order valence-electron chi connectivity index (χ1n) is 5.36. The molecule has 0 fully saturated rings. The topological polar surface area (TPSA) is 50.9 Å². The quantitative estimate of drug-likeness (QED) is 0.878. The summed E-state index contributed by atoms with van der Waals surface area (Å²) in [6, 6.07) is 6.62. The summed E-state index contributed by atoms with van der Waals surface area (Å²) >= 11 is 1.45. The van der Waals surface area contributed by atoms with Gasteiger partial charge in [0.25, 0.3) is 0 Å². The predicted octanol–water partition coefficient (Wildman–Crippen LogP) is 2.92. The Morgan fingerprint density at radius 2 is 2.24 bits per heavy atom. The summed E-state index contributed by atoms with van der Waals surface area (Å²) in [7, 11) is 0. The van der Waals surface area contributed by atoms with E-state index < -0.39 is 0 Å². The van der Waals surface area contributed by atoms with Crippen molar-refractivity contribution in [3.05, 3.63) is 41.2 Å². The van der Waals surface area contributed by atoms with Crippen LogP contribution in [-0.2, 0) is 6.42 Å². The van der Waals surface area contributed by atoms with Gasteiger partial charge < -0.3 is 11.1 Å². The molecule has 0 aliphatic carbocycles. The molecule has 3 N–H and O–H groups in total. The van der Waals surface area contributed by atoms with Crippen LogP contribution in [0.25, 0.3) is 0 Å². The maximum Gasteiger partial charge on any atom is 0.187 e. The molecule has 0 radical (unpaired) electrons. The number of aromatic nitrogens is 1. The van der Waals surface area contributed by atoms with E-state index in [2.05, 4.69) is 10.3 Å². The monoisotopic (exact) mass is 251 g/mol. The van der Waals surface area contributed by atoms with Gasteiger partial charge in [-0.15, -0.1) is 11.3 Å². The summed E-state index contributed by atoms with van der Waals surface area (Å²) in [5, 5.41) is 5.58.